The van der Waals surface area contributed by atoms with Gasteiger partial charge in [0.1, 0.15) is 5.82 Å². The fourth-order valence-electron chi connectivity index (χ4n) is 4.52. The van der Waals surface area contributed by atoms with Crippen LogP contribution >= 0.6 is 0 Å². The molecule has 1 fully saturated rings. The van der Waals surface area contributed by atoms with E-state index in [4.69, 9.17) is 4.98 Å². The van der Waals surface area contributed by atoms with Gasteiger partial charge in [-0.25, -0.2) is 4.98 Å². The van der Waals surface area contributed by atoms with E-state index in [0.29, 0.717) is 25.1 Å². The summed E-state index contributed by atoms with van der Waals surface area (Å²) in [5.41, 5.74) is 4.64. The summed E-state index contributed by atoms with van der Waals surface area (Å²) in [6.45, 7) is 6.57. The first kappa shape index (κ1) is 22.1. The number of benzene rings is 2. The molecule has 0 atom stereocenters. The SMILES string of the molecule is Cc1ccc(C(=O)NCc2nc3ccccc3n2CCC(=O)N2CCCCCC2)c(C)c1. The van der Waals surface area contributed by atoms with Gasteiger partial charge in [-0.15, -0.1) is 0 Å². The number of fused-ring (bicyclic) bond motifs is 1. The predicted molar refractivity (Wildman–Crippen MR) is 126 cm³/mol. The Balaban J connectivity index is 1.48. The van der Waals surface area contributed by atoms with Crippen LogP contribution in [0.1, 0.15) is 59.4 Å². The number of amides is 2. The third kappa shape index (κ3) is 5.01. The molecule has 0 bridgehead atoms. The van der Waals surface area contributed by atoms with Crippen molar-refractivity contribution < 1.29 is 9.59 Å². The highest BCUT2D eigenvalue weighted by molar-refractivity contribution is 5.95. The van der Waals surface area contributed by atoms with Crippen LogP contribution < -0.4 is 5.32 Å². The number of para-hydroxylation sites is 2. The summed E-state index contributed by atoms with van der Waals surface area (Å²) in [4.78, 5) is 32.4. The van der Waals surface area contributed by atoms with Gasteiger partial charge in [0.2, 0.25) is 5.91 Å². The van der Waals surface area contributed by atoms with Crippen LogP contribution in [-0.2, 0) is 17.9 Å². The van der Waals surface area contributed by atoms with Crippen LogP contribution in [0.5, 0.6) is 0 Å². The van der Waals surface area contributed by atoms with Gasteiger partial charge in [-0.1, -0.05) is 42.7 Å². The van der Waals surface area contributed by atoms with Gasteiger partial charge in [0.25, 0.3) is 5.91 Å². The number of hydrogen-bond acceptors (Lipinski definition) is 3. The minimum atomic E-state index is -0.109. The number of aromatic nitrogens is 2. The largest absolute Gasteiger partial charge is 0.345 e. The lowest BCUT2D eigenvalue weighted by Crippen LogP contribution is -2.32. The molecule has 1 N–H and O–H groups in total. The molecule has 1 aromatic heterocycles. The van der Waals surface area contributed by atoms with Crippen LogP contribution in [-0.4, -0.2) is 39.4 Å². The van der Waals surface area contributed by atoms with Crippen molar-refractivity contribution in [3.63, 3.8) is 0 Å². The van der Waals surface area contributed by atoms with Gasteiger partial charge < -0.3 is 14.8 Å². The first-order chi connectivity index (χ1) is 15.5. The molecule has 2 heterocycles. The Kier molecular flexibility index (Phi) is 6.88. The number of aryl methyl sites for hydroxylation is 3. The zero-order valence-corrected chi connectivity index (χ0v) is 19.1. The second kappa shape index (κ2) is 9.98. The topological polar surface area (TPSA) is 67.2 Å². The smallest absolute Gasteiger partial charge is 0.251 e. The van der Waals surface area contributed by atoms with Gasteiger partial charge in [-0.2, -0.15) is 0 Å². The summed E-state index contributed by atoms with van der Waals surface area (Å²) in [5, 5.41) is 3.02. The molecule has 0 radical (unpaired) electrons. The molecule has 1 saturated heterocycles. The highest BCUT2D eigenvalue weighted by atomic mass is 16.2. The van der Waals surface area contributed by atoms with E-state index >= 15 is 0 Å². The number of imidazole rings is 1. The van der Waals surface area contributed by atoms with E-state index in [1.807, 2.05) is 61.2 Å². The van der Waals surface area contributed by atoms with Crippen molar-refractivity contribution in [1.29, 1.82) is 0 Å². The molecule has 0 saturated carbocycles. The minimum absolute atomic E-state index is 0.109. The average Bonchev–Trinajstić information content (AvgIpc) is 2.93. The van der Waals surface area contributed by atoms with E-state index < -0.39 is 0 Å². The van der Waals surface area contributed by atoms with Gasteiger partial charge in [-0.3, -0.25) is 9.59 Å². The molecule has 168 valence electrons. The van der Waals surface area contributed by atoms with Crippen LogP contribution in [0.2, 0.25) is 0 Å². The van der Waals surface area contributed by atoms with Crippen LogP contribution in [0.3, 0.4) is 0 Å². The van der Waals surface area contributed by atoms with Crippen molar-refractivity contribution in [2.75, 3.05) is 13.1 Å². The second-order valence-electron chi connectivity index (χ2n) is 8.71. The lowest BCUT2D eigenvalue weighted by Gasteiger charge is -2.20. The first-order valence-electron chi connectivity index (χ1n) is 11.6. The van der Waals surface area contributed by atoms with E-state index in [1.165, 1.54) is 12.8 Å². The van der Waals surface area contributed by atoms with Crippen LogP contribution in [0, 0.1) is 13.8 Å². The van der Waals surface area contributed by atoms with Crippen LogP contribution in [0.15, 0.2) is 42.5 Å². The molecule has 6 heteroatoms. The van der Waals surface area contributed by atoms with Crippen molar-refractivity contribution in [2.24, 2.45) is 0 Å². The Morgan fingerprint density at radius 1 is 1.00 bits per heavy atom. The quantitative estimate of drug-likeness (QED) is 0.629. The van der Waals surface area contributed by atoms with Gasteiger partial charge in [-0.05, 0) is 50.5 Å². The second-order valence-corrected chi connectivity index (χ2v) is 8.71. The number of hydrogen-bond donors (Lipinski definition) is 1. The highest BCUT2D eigenvalue weighted by Gasteiger charge is 2.18. The van der Waals surface area contributed by atoms with Crippen molar-refractivity contribution in [3.05, 3.63) is 65.0 Å². The fraction of sp³-hybridized carbons (Fsp3) is 0.423. The average molecular weight is 433 g/mol. The molecule has 0 unspecified atom stereocenters. The lowest BCUT2D eigenvalue weighted by atomic mass is 10.1. The molecule has 4 rings (SSSR count). The number of nitrogens with zero attached hydrogens (tertiary/aromatic N) is 3. The van der Waals surface area contributed by atoms with E-state index in [9.17, 15) is 9.59 Å². The zero-order valence-electron chi connectivity index (χ0n) is 19.1. The predicted octanol–water partition coefficient (Wildman–Crippen LogP) is 4.38. The van der Waals surface area contributed by atoms with Crippen LogP contribution in [0.25, 0.3) is 11.0 Å². The molecule has 32 heavy (non-hydrogen) atoms. The fourth-order valence-corrected chi connectivity index (χ4v) is 4.52. The standard InChI is InChI=1S/C26H32N4O2/c1-19-11-12-21(20(2)17-19)26(32)27-18-24-28-22-9-5-6-10-23(22)30(24)16-13-25(31)29-14-7-3-4-8-15-29/h5-6,9-12,17H,3-4,7-8,13-16,18H2,1-2H3,(H,27,32). The van der Waals surface area contributed by atoms with Gasteiger partial charge >= 0.3 is 0 Å². The Morgan fingerprint density at radius 2 is 1.75 bits per heavy atom. The maximum Gasteiger partial charge on any atom is 0.251 e. The van der Waals surface area contributed by atoms with E-state index in [0.717, 1.165) is 53.9 Å². The Hall–Kier alpha value is -3.15. The van der Waals surface area contributed by atoms with E-state index in [2.05, 4.69) is 9.88 Å². The normalized spacial score (nSPS) is 14.4. The van der Waals surface area contributed by atoms with E-state index in [1.54, 1.807) is 0 Å². The maximum absolute atomic E-state index is 12.8. The summed E-state index contributed by atoms with van der Waals surface area (Å²) < 4.78 is 2.08. The highest BCUT2D eigenvalue weighted by Crippen LogP contribution is 2.18. The summed E-state index contributed by atoms with van der Waals surface area (Å²) in [6, 6.07) is 13.8. The van der Waals surface area contributed by atoms with Crippen molar-refractivity contribution in [2.45, 2.75) is 59.0 Å². The molecule has 1 aliphatic heterocycles. The Labute approximate surface area is 189 Å². The van der Waals surface area contributed by atoms with Crippen LogP contribution in [0.4, 0.5) is 0 Å². The summed E-state index contributed by atoms with van der Waals surface area (Å²) >= 11 is 0. The molecule has 0 aliphatic carbocycles. The number of nitrogens with one attached hydrogen (secondary N) is 1. The monoisotopic (exact) mass is 432 g/mol. The van der Waals surface area contributed by atoms with Gasteiger partial charge in [0.05, 0.1) is 17.6 Å². The summed E-state index contributed by atoms with van der Waals surface area (Å²) in [6.07, 6.45) is 5.05. The van der Waals surface area contributed by atoms with Gasteiger partial charge in [0.15, 0.2) is 0 Å². The third-order valence-electron chi connectivity index (χ3n) is 6.28. The molecule has 3 aromatic rings. The van der Waals surface area contributed by atoms with Crippen molar-refractivity contribution >= 4 is 22.8 Å². The van der Waals surface area contributed by atoms with E-state index in [-0.39, 0.29) is 11.8 Å². The number of likely N-dealkylation sites (tertiary alicyclic amines) is 1. The first-order valence-corrected chi connectivity index (χ1v) is 11.6. The minimum Gasteiger partial charge on any atom is -0.345 e. The molecule has 2 amide bonds. The number of rotatable bonds is 6. The zero-order chi connectivity index (χ0) is 22.5. The summed E-state index contributed by atoms with van der Waals surface area (Å²) in [7, 11) is 0. The third-order valence-corrected chi connectivity index (χ3v) is 6.28. The summed E-state index contributed by atoms with van der Waals surface area (Å²) in [5.74, 6) is 0.865. The molecule has 2 aromatic carbocycles. The van der Waals surface area contributed by atoms with Crippen molar-refractivity contribution in [3.8, 4) is 0 Å². The number of carbonyl (C=O) groups is 2. The molecule has 6 nitrogen and oxygen atoms in total. The number of carbonyl (C=O) groups excluding carboxylic acids is 2. The molecular weight excluding hydrogens is 400 g/mol. The van der Waals surface area contributed by atoms with Gasteiger partial charge in [0, 0.05) is 31.6 Å². The van der Waals surface area contributed by atoms with Crippen molar-refractivity contribution in [1.82, 2.24) is 19.8 Å². The Bertz CT molecular complexity index is 1110. The molecular formula is C26H32N4O2. The Morgan fingerprint density at radius 3 is 2.50 bits per heavy atom. The lowest BCUT2D eigenvalue weighted by molar-refractivity contribution is -0.131. The molecule has 1 aliphatic rings. The maximum atomic E-state index is 12.8. The molecule has 0 spiro atoms.